The average molecular weight is 635 g/mol. The van der Waals surface area contributed by atoms with Crippen molar-refractivity contribution in [3.8, 4) is 0 Å². The van der Waals surface area contributed by atoms with Crippen LogP contribution in [-0.2, 0) is 23.9 Å². The van der Waals surface area contributed by atoms with Crippen LogP contribution >= 0.6 is 11.6 Å². The fourth-order valence-corrected chi connectivity index (χ4v) is 3.59. The summed E-state index contributed by atoms with van der Waals surface area (Å²) in [6, 6.07) is 0.137. The van der Waals surface area contributed by atoms with Crippen LogP contribution in [0, 0.1) is 11.8 Å². The van der Waals surface area contributed by atoms with Crippen molar-refractivity contribution in [1.29, 1.82) is 0 Å². The molecule has 3 heterocycles. The van der Waals surface area contributed by atoms with Crippen molar-refractivity contribution >= 4 is 40.6 Å². The Hall–Kier alpha value is -2.24. The minimum absolute atomic E-state index is 0. The Morgan fingerprint density at radius 2 is 1.07 bits per heavy atom. The number of ketones is 2. The molecule has 2 amide bonds. The van der Waals surface area contributed by atoms with Gasteiger partial charge in [-0.3, -0.25) is 14.4 Å². The van der Waals surface area contributed by atoms with Gasteiger partial charge in [0.1, 0.15) is 22.8 Å². The highest BCUT2D eigenvalue weighted by Gasteiger charge is 2.34. The van der Waals surface area contributed by atoms with Gasteiger partial charge < -0.3 is 30.3 Å². The molecule has 0 atom stereocenters. The maximum absolute atomic E-state index is 11.6. The lowest BCUT2D eigenvalue weighted by Crippen LogP contribution is -2.58. The molecule has 252 valence electrons. The Morgan fingerprint density at radius 3 is 1.33 bits per heavy atom. The zero-order valence-corrected chi connectivity index (χ0v) is 28.0. The van der Waals surface area contributed by atoms with Crippen molar-refractivity contribution in [2.24, 2.45) is 17.6 Å². The summed E-state index contributed by atoms with van der Waals surface area (Å²) in [5.74, 6) is 1.66. The van der Waals surface area contributed by atoms with E-state index in [2.05, 4.69) is 5.32 Å². The number of ether oxygens (including phenoxy) is 2. The summed E-state index contributed by atoms with van der Waals surface area (Å²) in [7, 11) is 0. The van der Waals surface area contributed by atoms with Crippen LogP contribution in [0.15, 0.2) is 0 Å². The van der Waals surface area contributed by atoms with Crippen LogP contribution in [0.1, 0.15) is 102 Å². The van der Waals surface area contributed by atoms with Gasteiger partial charge in [0, 0.05) is 70.2 Å². The van der Waals surface area contributed by atoms with Crippen LogP contribution in [0.25, 0.3) is 0 Å². The number of Topliss-reactive ketones (excluding diaryl/α,β-unsaturated/α-hetero) is 2. The second-order valence-electron chi connectivity index (χ2n) is 12.8. The average Bonchev–Trinajstić information content (AvgIpc) is 2.79. The molecule has 12 heteroatoms. The number of nitrogens with two attached hydrogens (primary N) is 1. The molecule has 3 rings (SSSR count). The van der Waals surface area contributed by atoms with Gasteiger partial charge in [-0.2, -0.15) is 0 Å². The highest BCUT2D eigenvalue weighted by molar-refractivity contribution is 6.63. The quantitative estimate of drug-likeness (QED) is 0.362. The SMILES string of the molecule is C.CC(C)(C)OC(=O)N1CC(N)C1.CCC(=O)CC1CN(C(=O)OC(C)(C)C)C1.CCC(=O)CC1CNC1.CCC(=O)Cl. The summed E-state index contributed by atoms with van der Waals surface area (Å²) in [5, 5.41) is 2.87. The molecule has 0 radical (unpaired) electrons. The number of nitrogens with zero attached hydrogens (tertiary/aromatic N) is 2. The molecule has 0 aromatic rings. The van der Waals surface area contributed by atoms with Crippen molar-refractivity contribution < 1.29 is 33.4 Å². The van der Waals surface area contributed by atoms with Crippen LogP contribution < -0.4 is 11.1 Å². The number of hydrogen-bond acceptors (Lipinski definition) is 9. The third kappa shape index (κ3) is 21.2. The van der Waals surface area contributed by atoms with Crippen LogP contribution in [0.4, 0.5) is 9.59 Å². The summed E-state index contributed by atoms with van der Waals surface area (Å²) in [5.41, 5.74) is 4.67. The van der Waals surface area contributed by atoms with Gasteiger partial charge in [-0.25, -0.2) is 9.59 Å². The fourth-order valence-electron chi connectivity index (χ4n) is 3.59. The van der Waals surface area contributed by atoms with Gasteiger partial charge in [0.05, 0.1) is 0 Å². The van der Waals surface area contributed by atoms with E-state index in [1.807, 2.05) is 55.4 Å². The first-order chi connectivity index (χ1) is 19.3. The molecule has 0 aromatic heterocycles. The Morgan fingerprint density at radius 1 is 0.721 bits per heavy atom. The second kappa shape index (κ2) is 20.7. The van der Waals surface area contributed by atoms with Crippen LogP contribution in [0.3, 0.4) is 0 Å². The van der Waals surface area contributed by atoms with E-state index in [1.165, 1.54) is 0 Å². The lowest BCUT2D eigenvalue weighted by atomic mass is 9.94. The molecule has 3 fully saturated rings. The standard InChI is InChI=1S/C12H21NO3.C8H16N2O2.C7H13NO.C3H5ClO.CH4/c1-5-10(14)6-9-7-13(8-9)11(15)16-12(2,3)4;1-8(2,3)12-7(11)10-4-6(9)5-10;1-2-7(9)3-6-4-8-5-6;1-2-3(4)5;/h9H,5-8H2,1-4H3;6H,4-5,9H2,1-3H3;6,8H,2-5H2,1H3;2H2,1H3;1H4. The van der Waals surface area contributed by atoms with Gasteiger partial charge >= 0.3 is 12.2 Å². The lowest BCUT2D eigenvalue weighted by Gasteiger charge is -2.39. The number of rotatable bonds is 7. The molecule has 0 spiro atoms. The molecular weight excluding hydrogens is 576 g/mol. The minimum atomic E-state index is -0.443. The summed E-state index contributed by atoms with van der Waals surface area (Å²) in [4.78, 5) is 57.6. The van der Waals surface area contributed by atoms with Crippen LogP contribution in [0.2, 0.25) is 0 Å². The van der Waals surface area contributed by atoms with E-state index < -0.39 is 11.2 Å². The number of hydrogen-bond donors (Lipinski definition) is 2. The normalized spacial score (nSPS) is 16.4. The molecule has 11 nitrogen and oxygen atoms in total. The first kappa shape index (κ1) is 42.9. The molecule has 0 aromatic carbocycles. The molecule has 3 aliphatic heterocycles. The molecule has 0 aliphatic carbocycles. The molecule has 3 N–H and O–H groups in total. The maximum atomic E-state index is 11.6. The van der Waals surface area contributed by atoms with Crippen molar-refractivity contribution in [3.63, 3.8) is 0 Å². The molecule has 3 saturated heterocycles. The number of carbonyl (C=O) groups excluding carboxylic acids is 5. The summed E-state index contributed by atoms with van der Waals surface area (Å²) >= 11 is 4.82. The number of likely N-dealkylation sites (tertiary alicyclic amines) is 2. The van der Waals surface area contributed by atoms with Crippen molar-refractivity contribution in [2.75, 3.05) is 39.3 Å². The predicted molar refractivity (Wildman–Crippen MR) is 171 cm³/mol. The Kier molecular flexibility index (Phi) is 20.6. The van der Waals surface area contributed by atoms with Gasteiger partial charge in [-0.05, 0) is 72.2 Å². The monoisotopic (exact) mass is 634 g/mol. The van der Waals surface area contributed by atoms with E-state index in [0.29, 0.717) is 69.5 Å². The maximum Gasteiger partial charge on any atom is 0.410 e. The van der Waals surface area contributed by atoms with E-state index in [1.54, 1.807) is 16.7 Å². The number of carbonyl (C=O) groups is 5. The molecular formula is C31H59ClN4O7. The zero-order valence-electron chi connectivity index (χ0n) is 27.2. The van der Waals surface area contributed by atoms with Gasteiger partial charge in [-0.1, -0.05) is 28.2 Å². The van der Waals surface area contributed by atoms with Crippen LogP contribution in [-0.4, -0.2) is 95.3 Å². The molecule has 0 saturated carbocycles. The molecule has 0 unspecified atom stereocenters. The molecule has 3 aliphatic rings. The van der Waals surface area contributed by atoms with E-state index in [-0.39, 0.29) is 36.7 Å². The topological polar surface area (TPSA) is 148 Å². The number of halogens is 1. The third-order valence-electron chi connectivity index (χ3n) is 6.14. The van der Waals surface area contributed by atoms with Crippen molar-refractivity contribution in [2.45, 2.75) is 119 Å². The number of amides is 2. The van der Waals surface area contributed by atoms with Gasteiger partial charge in [0.25, 0.3) is 0 Å². The third-order valence-corrected chi connectivity index (χ3v) is 6.40. The minimum Gasteiger partial charge on any atom is -0.444 e. The number of nitrogens with one attached hydrogen (secondary N) is 1. The van der Waals surface area contributed by atoms with Crippen molar-refractivity contribution in [1.82, 2.24) is 15.1 Å². The van der Waals surface area contributed by atoms with E-state index in [9.17, 15) is 24.0 Å². The fraction of sp³-hybridized carbons (Fsp3) is 0.839. The smallest absolute Gasteiger partial charge is 0.410 e. The van der Waals surface area contributed by atoms with Gasteiger partial charge in [0.2, 0.25) is 5.24 Å². The second-order valence-corrected chi connectivity index (χ2v) is 13.2. The first-order valence-corrected chi connectivity index (χ1v) is 15.3. The Balaban J connectivity index is 0. The zero-order chi connectivity index (χ0) is 32.7. The largest absolute Gasteiger partial charge is 0.444 e. The van der Waals surface area contributed by atoms with E-state index >= 15 is 0 Å². The first-order valence-electron chi connectivity index (χ1n) is 14.9. The van der Waals surface area contributed by atoms with Gasteiger partial charge in [-0.15, -0.1) is 0 Å². The van der Waals surface area contributed by atoms with E-state index in [4.69, 9.17) is 26.8 Å². The molecule has 43 heavy (non-hydrogen) atoms. The van der Waals surface area contributed by atoms with Gasteiger partial charge in [0.15, 0.2) is 0 Å². The van der Waals surface area contributed by atoms with Crippen LogP contribution in [0.5, 0.6) is 0 Å². The lowest BCUT2D eigenvalue weighted by molar-refractivity contribution is -0.121. The summed E-state index contributed by atoms with van der Waals surface area (Å²) in [6.07, 6.45) is 2.58. The Labute approximate surface area is 264 Å². The summed E-state index contributed by atoms with van der Waals surface area (Å²) < 4.78 is 10.3. The predicted octanol–water partition coefficient (Wildman–Crippen LogP) is 5.16. The molecule has 0 bridgehead atoms. The highest BCUT2D eigenvalue weighted by atomic mass is 35.5. The van der Waals surface area contributed by atoms with E-state index in [0.717, 1.165) is 19.5 Å². The Bertz CT molecular complexity index is 870. The highest BCUT2D eigenvalue weighted by Crippen LogP contribution is 2.22. The van der Waals surface area contributed by atoms with Crippen molar-refractivity contribution in [3.05, 3.63) is 0 Å². The summed E-state index contributed by atoms with van der Waals surface area (Å²) in [6.45, 7) is 21.3.